The van der Waals surface area contributed by atoms with Crippen LogP contribution in [0.3, 0.4) is 0 Å². The van der Waals surface area contributed by atoms with E-state index in [1.807, 2.05) is 38.4 Å². The van der Waals surface area contributed by atoms with Gasteiger partial charge in [0.25, 0.3) is 0 Å². The molecule has 1 N–H and O–H groups in total. The van der Waals surface area contributed by atoms with Crippen LogP contribution >= 0.6 is 15.9 Å². The summed E-state index contributed by atoms with van der Waals surface area (Å²) < 4.78 is 18.6. The van der Waals surface area contributed by atoms with E-state index in [9.17, 15) is 4.21 Å². The highest BCUT2D eigenvalue weighted by molar-refractivity contribution is 9.10. The lowest BCUT2D eigenvalue weighted by Gasteiger charge is -2.24. The molecule has 0 radical (unpaired) electrons. The van der Waals surface area contributed by atoms with Gasteiger partial charge in [0.2, 0.25) is 0 Å². The quantitative estimate of drug-likeness (QED) is 0.844. The molecule has 7 heteroatoms. The van der Waals surface area contributed by atoms with Crippen LogP contribution in [0.2, 0.25) is 0 Å². The topological polar surface area (TPSA) is 59.8 Å². The van der Waals surface area contributed by atoms with Gasteiger partial charge >= 0.3 is 0 Å². The molecule has 2 heterocycles. The van der Waals surface area contributed by atoms with Gasteiger partial charge in [0.05, 0.1) is 27.1 Å². The smallest absolute Gasteiger partial charge is 0.0975 e. The number of aryl methyl sites for hydroxylation is 2. The molecule has 1 aliphatic heterocycles. The maximum Gasteiger partial charge on any atom is 0.0975 e. The fraction of sp³-hybridized carbons (Fsp3) is 0.500. The zero-order chi connectivity index (χ0) is 16.8. The van der Waals surface area contributed by atoms with Crippen molar-refractivity contribution in [2.24, 2.45) is 0 Å². The molecule has 0 fully saturated rings. The van der Waals surface area contributed by atoms with Gasteiger partial charge in [0.1, 0.15) is 0 Å². The molecule has 0 unspecified atom stereocenters. The Kier molecular flexibility index (Phi) is 4.46. The molecule has 1 aromatic carbocycles. The third-order valence-electron chi connectivity index (χ3n) is 3.98. The molecule has 124 valence electrons. The van der Waals surface area contributed by atoms with Crippen LogP contribution in [0.5, 0.6) is 0 Å². The highest BCUT2D eigenvalue weighted by Crippen LogP contribution is 2.37. The lowest BCUT2D eigenvalue weighted by Crippen LogP contribution is -2.36. The van der Waals surface area contributed by atoms with Crippen molar-refractivity contribution >= 4 is 26.9 Å². The Balaban J connectivity index is 2.07. The SMILES string of the molecule is Cc1nnn2c1-c1ccc(Br)cc1[C@H](N[S@](=O)C(C)(C)C)CC2. The van der Waals surface area contributed by atoms with Gasteiger partial charge in [-0.25, -0.2) is 13.6 Å². The van der Waals surface area contributed by atoms with Crippen molar-refractivity contribution in [3.05, 3.63) is 33.9 Å². The number of nitrogens with zero attached hydrogens (tertiary/aromatic N) is 3. The predicted molar refractivity (Wildman–Crippen MR) is 96.3 cm³/mol. The summed E-state index contributed by atoms with van der Waals surface area (Å²) in [6, 6.07) is 6.23. The summed E-state index contributed by atoms with van der Waals surface area (Å²) in [5, 5.41) is 8.46. The van der Waals surface area contributed by atoms with Crippen LogP contribution in [-0.2, 0) is 17.5 Å². The van der Waals surface area contributed by atoms with Crippen molar-refractivity contribution in [2.45, 2.75) is 51.4 Å². The maximum absolute atomic E-state index is 12.6. The first-order valence-electron chi connectivity index (χ1n) is 7.65. The minimum atomic E-state index is -1.13. The predicted octanol–water partition coefficient (Wildman–Crippen LogP) is 3.51. The highest BCUT2D eigenvalue weighted by Gasteiger charge is 2.29. The van der Waals surface area contributed by atoms with Crippen LogP contribution in [0.15, 0.2) is 22.7 Å². The largest absolute Gasteiger partial charge is 0.244 e. The van der Waals surface area contributed by atoms with E-state index in [1.165, 1.54) is 0 Å². The van der Waals surface area contributed by atoms with Crippen LogP contribution in [0, 0.1) is 6.92 Å². The van der Waals surface area contributed by atoms with Crippen LogP contribution in [0.25, 0.3) is 11.3 Å². The van der Waals surface area contributed by atoms with Gasteiger partial charge < -0.3 is 0 Å². The lowest BCUT2D eigenvalue weighted by atomic mass is 9.97. The van der Waals surface area contributed by atoms with Gasteiger partial charge in [-0.3, -0.25) is 0 Å². The van der Waals surface area contributed by atoms with E-state index in [1.54, 1.807) is 0 Å². The monoisotopic (exact) mass is 396 g/mol. The summed E-state index contributed by atoms with van der Waals surface area (Å²) in [6.07, 6.45) is 0.821. The van der Waals surface area contributed by atoms with Crippen LogP contribution < -0.4 is 4.72 Å². The summed E-state index contributed by atoms with van der Waals surface area (Å²) in [7, 11) is -1.13. The average Bonchev–Trinajstić information content (AvgIpc) is 2.75. The number of nitrogens with one attached hydrogen (secondary N) is 1. The molecule has 0 amide bonds. The van der Waals surface area contributed by atoms with Crippen LogP contribution in [-0.4, -0.2) is 23.9 Å². The van der Waals surface area contributed by atoms with Crippen molar-refractivity contribution < 1.29 is 4.21 Å². The van der Waals surface area contributed by atoms with Gasteiger partial charge in [-0.2, -0.15) is 0 Å². The fourth-order valence-electron chi connectivity index (χ4n) is 2.76. The summed E-state index contributed by atoms with van der Waals surface area (Å²) in [5.74, 6) is 0. The molecule has 1 aliphatic rings. The fourth-order valence-corrected chi connectivity index (χ4v) is 4.00. The molecule has 2 aromatic rings. The van der Waals surface area contributed by atoms with Crippen LogP contribution in [0.1, 0.15) is 44.5 Å². The molecule has 0 spiro atoms. The molecule has 0 bridgehead atoms. The van der Waals surface area contributed by atoms with E-state index in [-0.39, 0.29) is 10.8 Å². The molecular weight excluding hydrogens is 376 g/mol. The highest BCUT2D eigenvalue weighted by atomic mass is 79.9. The van der Waals surface area contributed by atoms with Crippen molar-refractivity contribution in [1.29, 1.82) is 0 Å². The Morgan fingerprint density at radius 1 is 1.39 bits per heavy atom. The van der Waals surface area contributed by atoms with Crippen LogP contribution in [0.4, 0.5) is 0 Å². The zero-order valence-corrected chi connectivity index (χ0v) is 16.2. The Morgan fingerprint density at radius 2 is 2.13 bits per heavy atom. The normalized spacial score (nSPS) is 18.9. The Bertz CT molecular complexity index is 766. The van der Waals surface area contributed by atoms with Gasteiger partial charge in [-0.15, -0.1) is 5.10 Å². The van der Waals surface area contributed by atoms with E-state index < -0.39 is 11.0 Å². The second-order valence-corrected chi connectivity index (χ2v) is 9.73. The lowest BCUT2D eigenvalue weighted by molar-refractivity contribution is 0.499. The summed E-state index contributed by atoms with van der Waals surface area (Å²) in [4.78, 5) is 0. The molecular formula is C16H21BrN4OS. The van der Waals surface area contributed by atoms with Crippen molar-refractivity contribution in [3.8, 4) is 11.3 Å². The van der Waals surface area contributed by atoms with E-state index >= 15 is 0 Å². The minimum Gasteiger partial charge on any atom is -0.244 e. The molecule has 2 atom stereocenters. The third kappa shape index (κ3) is 3.27. The number of rotatable bonds is 2. The maximum atomic E-state index is 12.6. The first-order valence-corrected chi connectivity index (χ1v) is 9.59. The zero-order valence-electron chi connectivity index (χ0n) is 13.8. The molecule has 0 saturated carbocycles. The molecule has 23 heavy (non-hydrogen) atoms. The second kappa shape index (κ2) is 6.11. The van der Waals surface area contributed by atoms with Crippen molar-refractivity contribution in [3.63, 3.8) is 0 Å². The molecule has 1 aromatic heterocycles. The minimum absolute atomic E-state index is 0.0173. The van der Waals surface area contributed by atoms with Crippen molar-refractivity contribution in [1.82, 2.24) is 19.7 Å². The Hall–Kier alpha value is -1.05. The summed E-state index contributed by atoms with van der Waals surface area (Å²) in [5.41, 5.74) is 4.22. The molecule has 3 rings (SSSR count). The first-order chi connectivity index (χ1) is 10.8. The average molecular weight is 397 g/mol. The van der Waals surface area contributed by atoms with Crippen molar-refractivity contribution in [2.75, 3.05) is 0 Å². The Morgan fingerprint density at radius 3 is 2.83 bits per heavy atom. The number of aromatic nitrogens is 3. The number of halogens is 1. The number of hydrogen-bond acceptors (Lipinski definition) is 3. The Labute approximate surface area is 147 Å². The first kappa shape index (κ1) is 16.8. The van der Waals surface area contributed by atoms with Gasteiger partial charge in [0, 0.05) is 22.6 Å². The van der Waals surface area contributed by atoms with Gasteiger partial charge in [0.15, 0.2) is 0 Å². The number of hydrogen-bond donors (Lipinski definition) is 1. The van der Waals surface area contributed by atoms with E-state index in [0.29, 0.717) is 0 Å². The van der Waals surface area contributed by atoms with E-state index in [0.717, 1.165) is 40.0 Å². The molecule has 5 nitrogen and oxygen atoms in total. The number of fused-ring (bicyclic) bond motifs is 3. The summed E-state index contributed by atoms with van der Waals surface area (Å²) in [6.45, 7) is 8.67. The molecule has 0 aliphatic carbocycles. The van der Waals surface area contributed by atoms with E-state index in [4.69, 9.17) is 0 Å². The third-order valence-corrected chi connectivity index (χ3v) is 6.09. The van der Waals surface area contributed by atoms with Gasteiger partial charge in [-0.05, 0) is 51.8 Å². The summed E-state index contributed by atoms with van der Waals surface area (Å²) >= 11 is 3.56. The standard InChI is InChI=1S/C16H21BrN4OS/c1-10-15-12-6-5-11(17)9-13(12)14(7-8-21(15)20-18-10)19-23(22)16(2,3)4/h5-6,9,14,19H,7-8H2,1-4H3/t14-,23-/m1/s1. The number of benzene rings is 1. The van der Waals surface area contributed by atoms with Gasteiger partial charge in [-0.1, -0.05) is 27.2 Å². The molecule has 0 saturated heterocycles. The van der Waals surface area contributed by atoms with E-state index in [2.05, 4.69) is 43.1 Å². The second-order valence-electron chi connectivity index (χ2n) is 6.82.